The fourth-order valence-corrected chi connectivity index (χ4v) is 2.98. The van der Waals surface area contributed by atoms with Crippen LogP contribution in [0.4, 0.5) is 0 Å². The van der Waals surface area contributed by atoms with E-state index in [0.717, 1.165) is 0 Å². The van der Waals surface area contributed by atoms with Crippen molar-refractivity contribution >= 4 is 23.9 Å². The number of nitrogens with zero attached hydrogens (tertiary/aromatic N) is 4. The summed E-state index contributed by atoms with van der Waals surface area (Å²) in [6.45, 7) is 1.52. The van der Waals surface area contributed by atoms with E-state index in [2.05, 4.69) is 0 Å². The SMILES string of the molecule is O=C(O)CN1CCN(CC(=O)O)CCN(CC(=O)O)CCN(CC(=O)O)CC1.[Lu]. The van der Waals surface area contributed by atoms with Crippen molar-refractivity contribution in [1.29, 1.82) is 0 Å². The van der Waals surface area contributed by atoms with Crippen LogP contribution in [0.15, 0.2) is 0 Å². The summed E-state index contributed by atoms with van der Waals surface area (Å²) in [6.07, 6.45) is 0. The average Bonchev–Trinajstić information content (AvgIpc) is 2.55. The Balaban J connectivity index is 0.00000784. The first-order valence-electron chi connectivity index (χ1n) is 8.92. The Labute approximate surface area is 197 Å². The molecule has 13 heteroatoms. The van der Waals surface area contributed by atoms with Gasteiger partial charge in [0.15, 0.2) is 0 Å². The number of carbonyl (C=O) groups is 4. The number of rotatable bonds is 8. The average molecular weight is 579 g/mol. The molecular weight excluding hydrogens is 551 g/mol. The molecule has 0 aliphatic carbocycles. The Morgan fingerprint density at radius 1 is 0.448 bits per heavy atom. The zero-order valence-electron chi connectivity index (χ0n) is 16.0. The van der Waals surface area contributed by atoms with Crippen LogP contribution in [-0.4, -0.2) is 142 Å². The van der Waals surface area contributed by atoms with Gasteiger partial charge >= 0.3 is 23.9 Å². The minimum absolute atomic E-state index is 0. The molecule has 0 saturated carbocycles. The fourth-order valence-electron chi connectivity index (χ4n) is 2.98. The molecular formula is C16H28LuN4O8. The van der Waals surface area contributed by atoms with Crippen LogP contribution in [-0.2, 0) is 19.2 Å². The molecule has 1 rings (SSSR count). The summed E-state index contributed by atoms with van der Waals surface area (Å²) >= 11 is 0. The van der Waals surface area contributed by atoms with E-state index >= 15 is 0 Å². The molecule has 1 radical (unpaired) electrons. The molecule has 1 fully saturated rings. The third kappa shape index (κ3) is 13.7. The summed E-state index contributed by atoms with van der Waals surface area (Å²) in [7, 11) is 0. The molecule has 0 unspecified atom stereocenters. The molecule has 1 aliphatic rings. The maximum atomic E-state index is 11.1. The first kappa shape index (κ1) is 28.0. The quantitative estimate of drug-likeness (QED) is 0.241. The molecule has 0 amide bonds. The zero-order chi connectivity index (χ0) is 21.1. The molecule has 0 aromatic rings. The minimum atomic E-state index is -1.02. The van der Waals surface area contributed by atoms with Crippen LogP contribution < -0.4 is 0 Å². The van der Waals surface area contributed by atoms with Gasteiger partial charge in [0.05, 0.1) is 26.2 Å². The third-order valence-corrected chi connectivity index (χ3v) is 4.37. The Bertz CT molecular complexity index is 453. The maximum Gasteiger partial charge on any atom is 0.317 e. The van der Waals surface area contributed by atoms with Gasteiger partial charge in [-0.15, -0.1) is 0 Å². The summed E-state index contributed by atoms with van der Waals surface area (Å²) in [5.74, 6) is -4.08. The van der Waals surface area contributed by atoms with Crippen molar-refractivity contribution in [1.82, 2.24) is 19.6 Å². The van der Waals surface area contributed by atoms with E-state index in [-0.39, 0.29) is 63.1 Å². The Morgan fingerprint density at radius 3 is 0.690 bits per heavy atom. The van der Waals surface area contributed by atoms with Crippen molar-refractivity contribution in [2.24, 2.45) is 0 Å². The molecule has 1 aliphatic heterocycles. The third-order valence-electron chi connectivity index (χ3n) is 4.37. The monoisotopic (exact) mass is 579 g/mol. The van der Waals surface area contributed by atoms with Gasteiger partial charge in [0.1, 0.15) is 0 Å². The number of hydrogen-bond donors (Lipinski definition) is 4. The minimum Gasteiger partial charge on any atom is -0.480 e. The molecule has 175 valence electrons. The number of hydrogen-bond acceptors (Lipinski definition) is 8. The first-order valence-corrected chi connectivity index (χ1v) is 8.92. The largest absolute Gasteiger partial charge is 0.480 e. The molecule has 4 N–H and O–H groups in total. The summed E-state index contributed by atoms with van der Waals surface area (Å²) in [6, 6.07) is 0. The molecule has 0 aromatic heterocycles. The van der Waals surface area contributed by atoms with E-state index in [9.17, 15) is 19.2 Å². The fraction of sp³-hybridized carbons (Fsp3) is 0.750. The van der Waals surface area contributed by atoms with Gasteiger partial charge in [-0.2, -0.15) is 0 Å². The molecule has 1 heterocycles. The summed E-state index contributed by atoms with van der Waals surface area (Å²) in [5.41, 5.74) is 0. The van der Waals surface area contributed by atoms with Gasteiger partial charge in [0.25, 0.3) is 0 Å². The Morgan fingerprint density at radius 2 is 0.586 bits per heavy atom. The van der Waals surface area contributed by atoms with Crippen molar-refractivity contribution in [3.8, 4) is 0 Å². The van der Waals surface area contributed by atoms with Crippen LogP contribution in [0.2, 0.25) is 0 Å². The smallest absolute Gasteiger partial charge is 0.317 e. The van der Waals surface area contributed by atoms with Crippen LogP contribution in [0.5, 0.6) is 0 Å². The summed E-state index contributed by atoms with van der Waals surface area (Å²) < 4.78 is 0. The van der Waals surface area contributed by atoms with E-state index in [1.54, 1.807) is 19.6 Å². The van der Waals surface area contributed by atoms with Crippen LogP contribution in [0.25, 0.3) is 0 Å². The Hall–Kier alpha value is -1.05. The van der Waals surface area contributed by atoms with Gasteiger partial charge < -0.3 is 20.4 Å². The summed E-state index contributed by atoms with van der Waals surface area (Å²) in [5, 5.41) is 36.3. The van der Waals surface area contributed by atoms with Crippen molar-refractivity contribution in [3.05, 3.63) is 0 Å². The van der Waals surface area contributed by atoms with Gasteiger partial charge in [0, 0.05) is 89.2 Å². The molecule has 0 aromatic carbocycles. The van der Waals surface area contributed by atoms with Crippen molar-refractivity contribution < 1.29 is 76.5 Å². The molecule has 0 spiro atoms. The first-order chi connectivity index (χ1) is 13.2. The molecule has 0 atom stereocenters. The molecule has 0 bridgehead atoms. The predicted molar refractivity (Wildman–Crippen MR) is 96.3 cm³/mol. The maximum absolute atomic E-state index is 11.1. The van der Waals surface area contributed by atoms with E-state index in [1.807, 2.05) is 0 Å². The topological polar surface area (TPSA) is 162 Å². The van der Waals surface area contributed by atoms with Crippen LogP contribution >= 0.6 is 0 Å². The van der Waals surface area contributed by atoms with Crippen molar-refractivity contribution in [2.75, 3.05) is 78.5 Å². The van der Waals surface area contributed by atoms with Crippen molar-refractivity contribution in [2.45, 2.75) is 0 Å². The van der Waals surface area contributed by atoms with E-state index in [1.165, 1.54) is 0 Å². The van der Waals surface area contributed by atoms with E-state index in [0.29, 0.717) is 52.4 Å². The second-order valence-corrected chi connectivity index (χ2v) is 6.68. The standard InChI is InChI=1S/C16H28N4O8.Lu/c21-13(22)9-17-1-2-18(10-14(23)24)5-6-20(12-16(27)28)8-7-19(4-3-17)11-15(25)26;/h1-12H2,(H,21,22)(H,23,24)(H,25,26)(H,27,28);. The van der Waals surface area contributed by atoms with Crippen molar-refractivity contribution in [3.63, 3.8) is 0 Å². The molecule has 29 heavy (non-hydrogen) atoms. The number of carboxylic acid groups (broad SMARTS) is 4. The van der Waals surface area contributed by atoms with Crippen LogP contribution in [0, 0.1) is 36.9 Å². The second kappa shape index (κ2) is 14.9. The molecule has 12 nitrogen and oxygen atoms in total. The molecule has 1 saturated heterocycles. The van der Waals surface area contributed by atoms with Gasteiger partial charge in [-0.3, -0.25) is 38.8 Å². The second-order valence-electron chi connectivity index (χ2n) is 6.68. The number of aliphatic carboxylic acids is 4. The Kier molecular flexibility index (Phi) is 14.3. The van der Waals surface area contributed by atoms with Gasteiger partial charge in [-0.1, -0.05) is 0 Å². The zero-order valence-corrected chi connectivity index (χ0v) is 17.6. The van der Waals surface area contributed by atoms with Crippen LogP contribution in [0.1, 0.15) is 0 Å². The predicted octanol–water partition coefficient (Wildman–Crippen LogP) is -2.45. The van der Waals surface area contributed by atoms with Gasteiger partial charge in [0.2, 0.25) is 0 Å². The normalized spacial score (nSPS) is 18.8. The van der Waals surface area contributed by atoms with E-state index < -0.39 is 23.9 Å². The van der Waals surface area contributed by atoms with Gasteiger partial charge in [-0.25, -0.2) is 0 Å². The van der Waals surface area contributed by atoms with Gasteiger partial charge in [-0.05, 0) is 0 Å². The summed E-state index contributed by atoms with van der Waals surface area (Å²) in [4.78, 5) is 50.9. The number of carboxylic acids is 4. The van der Waals surface area contributed by atoms with E-state index in [4.69, 9.17) is 20.4 Å². The van der Waals surface area contributed by atoms with Crippen LogP contribution in [0.3, 0.4) is 0 Å².